The zero-order chi connectivity index (χ0) is 28.0. The van der Waals surface area contributed by atoms with Crippen molar-refractivity contribution < 1.29 is 33.4 Å². The quantitative estimate of drug-likeness (QED) is 0.273. The smallest absolute Gasteiger partial charge is 0.338 e. The number of nitrogens with one attached hydrogen (secondary N) is 2. The monoisotopic (exact) mass is 532 g/mol. The Kier molecular flexibility index (Phi) is 11.1. The number of hydrogen-bond acceptors (Lipinski definition) is 7. The number of carbonyl (C=O) groups excluding carboxylic acids is 4. The average Bonchev–Trinajstić information content (AvgIpc) is 2.93. The zero-order valence-corrected chi connectivity index (χ0v) is 22.0. The first kappa shape index (κ1) is 28.9. The highest BCUT2D eigenvalue weighted by Crippen LogP contribution is 2.23. The van der Waals surface area contributed by atoms with Gasteiger partial charge in [0.15, 0.2) is 6.61 Å². The van der Waals surface area contributed by atoms with Crippen LogP contribution in [0.4, 0.5) is 11.4 Å². The molecule has 2 amide bonds. The molecule has 0 saturated carbocycles. The van der Waals surface area contributed by atoms with E-state index in [1.165, 1.54) is 12.1 Å². The lowest BCUT2D eigenvalue weighted by atomic mass is 10.2. The fourth-order valence-electron chi connectivity index (χ4n) is 3.35. The van der Waals surface area contributed by atoms with E-state index in [9.17, 15) is 19.2 Å². The molecule has 3 rings (SSSR count). The number of esters is 2. The van der Waals surface area contributed by atoms with Crippen LogP contribution in [0.1, 0.15) is 48.5 Å². The molecule has 0 heterocycles. The standard InChI is InChI=1S/C30H32N2O7/c1-3-19-37-30(36)22-9-11-23(12-10-22)32-28(34)20-38-29(35)6-4-5-27(33)31-24-13-17-26(18-14-24)39-25-15-7-21(2)8-16-25/h7-18H,3-6,19-20H2,1-2H3,(H,31,33)(H,32,34). The first-order valence-electron chi connectivity index (χ1n) is 12.7. The van der Waals surface area contributed by atoms with Crippen molar-refractivity contribution in [2.75, 3.05) is 23.8 Å². The molecule has 0 aliphatic heterocycles. The van der Waals surface area contributed by atoms with Crippen molar-refractivity contribution in [3.63, 3.8) is 0 Å². The number of rotatable bonds is 13. The van der Waals surface area contributed by atoms with Gasteiger partial charge in [0.25, 0.3) is 5.91 Å². The van der Waals surface area contributed by atoms with E-state index in [0.717, 1.165) is 17.7 Å². The van der Waals surface area contributed by atoms with Crippen molar-refractivity contribution >= 4 is 35.1 Å². The fraction of sp³-hybridized carbons (Fsp3) is 0.267. The summed E-state index contributed by atoms with van der Waals surface area (Å²) in [5, 5.41) is 5.36. The van der Waals surface area contributed by atoms with Crippen LogP contribution in [0, 0.1) is 6.92 Å². The molecular weight excluding hydrogens is 500 g/mol. The van der Waals surface area contributed by atoms with Gasteiger partial charge in [-0.25, -0.2) is 4.79 Å². The second-order valence-electron chi connectivity index (χ2n) is 8.76. The van der Waals surface area contributed by atoms with Crippen molar-refractivity contribution in [3.8, 4) is 11.5 Å². The van der Waals surface area contributed by atoms with E-state index in [0.29, 0.717) is 29.3 Å². The topological polar surface area (TPSA) is 120 Å². The summed E-state index contributed by atoms with van der Waals surface area (Å²) in [6, 6.07) is 20.9. The summed E-state index contributed by atoms with van der Waals surface area (Å²) in [4.78, 5) is 48.0. The van der Waals surface area contributed by atoms with E-state index in [4.69, 9.17) is 14.2 Å². The van der Waals surface area contributed by atoms with Gasteiger partial charge < -0.3 is 24.8 Å². The second-order valence-corrected chi connectivity index (χ2v) is 8.76. The number of carbonyl (C=O) groups is 4. The van der Waals surface area contributed by atoms with E-state index in [1.54, 1.807) is 36.4 Å². The van der Waals surface area contributed by atoms with Gasteiger partial charge in [0, 0.05) is 24.2 Å². The summed E-state index contributed by atoms with van der Waals surface area (Å²) in [6.45, 7) is 3.79. The molecule has 204 valence electrons. The predicted octanol–water partition coefficient (Wildman–Crippen LogP) is 5.64. The summed E-state index contributed by atoms with van der Waals surface area (Å²) >= 11 is 0. The third kappa shape index (κ3) is 10.3. The van der Waals surface area contributed by atoms with E-state index in [2.05, 4.69) is 10.6 Å². The molecule has 0 unspecified atom stereocenters. The number of benzene rings is 3. The van der Waals surface area contributed by atoms with E-state index < -0.39 is 24.5 Å². The van der Waals surface area contributed by atoms with Crippen LogP contribution in [-0.2, 0) is 23.9 Å². The molecule has 9 nitrogen and oxygen atoms in total. The molecule has 3 aromatic carbocycles. The van der Waals surface area contributed by atoms with E-state index >= 15 is 0 Å². The van der Waals surface area contributed by atoms with Gasteiger partial charge in [-0.15, -0.1) is 0 Å². The molecule has 0 atom stereocenters. The number of hydrogen-bond donors (Lipinski definition) is 2. The van der Waals surface area contributed by atoms with Gasteiger partial charge in [-0.2, -0.15) is 0 Å². The second kappa shape index (κ2) is 14.9. The Morgan fingerprint density at radius 3 is 1.87 bits per heavy atom. The average molecular weight is 533 g/mol. The molecule has 39 heavy (non-hydrogen) atoms. The van der Waals surface area contributed by atoms with Crippen molar-refractivity contribution in [2.45, 2.75) is 39.5 Å². The zero-order valence-electron chi connectivity index (χ0n) is 22.0. The lowest BCUT2D eigenvalue weighted by molar-refractivity contribution is -0.147. The van der Waals surface area contributed by atoms with E-state index in [1.807, 2.05) is 38.1 Å². The van der Waals surface area contributed by atoms with Gasteiger partial charge in [-0.05, 0) is 80.4 Å². The molecule has 3 aromatic rings. The van der Waals surface area contributed by atoms with Gasteiger partial charge in [-0.1, -0.05) is 24.6 Å². The van der Waals surface area contributed by atoms with Crippen molar-refractivity contribution in [3.05, 3.63) is 83.9 Å². The van der Waals surface area contributed by atoms with Gasteiger partial charge in [0.2, 0.25) is 5.91 Å². The van der Waals surface area contributed by atoms with Gasteiger partial charge in [-0.3, -0.25) is 14.4 Å². The highest BCUT2D eigenvalue weighted by atomic mass is 16.5. The van der Waals surface area contributed by atoms with Crippen LogP contribution < -0.4 is 15.4 Å². The summed E-state index contributed by atoms with van der Waals surface area (Å²) in [5.74, 6) is -0.398. The lowest BCUT2D eigenvalue weighted by Gasteiger charge is -2.09. The van der Waals surface area contributed by atoms with Crippen LogP contribution in [0.5, 0.6) is 11.5 Å². The maximum atomic E-state index is 12.2. The molecule has 0 radical (unpaired) electrons. The lowest BCUT2D eigenvalue weighted by Crippen LogP contribution is -2.21. The minimum absolute atomic E-state index is 0.00139. The molecule has 9 heteroatoms. The molecule has 0 fully saturated rings. The Balaban J connectivity index is 1.31. The van der Waals surface area contributed by atoms with Crippen molar-refractivity contribution in [2.24, 2.45) is 0 Å². The van der Waals surface area contributed by atoms with Gasteiger partial charge in [0.1, 0.15) is 11.5 Å². The van der Waals surface area contributed by atoms with Gasteiger partial charge >= 0.3 is 11.9 Å². The van der Waals surface area contributed by atoms with Crippen LogP contribution in [0.3, 0.4) is 0 Å². The summed E-state index contributed by atoms with van der Waals surface area (Å²) < 4.78 is 15.8. The molecule has 0 spiro atoms. The highest BCUT2D eigenvalue weighted by molar-refractivity contribution is 5.94. The third-order valence-electron chi connectivity index (χ3n) is 5.39. The summed E-state index contributed by atoms with van der Waals surface area (Å²) in [6.07, 6.45) is 1.12. The number of anilines is 2. The minimum atomic E-state index is -0.579. The largest absolute Gasteiger partial charge is 0.462 e. The van der Waals surface area contributed by atoms with Crippen LogP contribution >= 0.6 is 0 Å². The summed E-state index contributed by atoms with van der Waals surface area (Å²) in [7, 11) is 0. The predicted molar refractivity (Wildman–Crippen MR) is 147 cm³/mol. The number of amides is 2. The van der Waals surface area contributed by atoms with Crippen molar-refractivity contribution in [1.29, 1.82) is 0 Å². The molecule has 0 aromatic heterocycles. The Bertz CT molecular complexity index is 1250. The van der Waals surface area contributed by atoms with Crippen LogP contribution in [-0.4, -0.2) is 37.0 Å². The maximum Gasteiger partial charge on any atom is 0.338 e. The molecule has 0 bridgehead atoms. The van der Waals surface area contributed by atoms with Crippen LogP contribution in [0.15, 0.2) is 72.8 Å². The molecule has 0 aliphatic rings. The molecule has 0 aliphatic carbocycles. The minimum Gasteiger partial charge on any atom is -0.462 e. The van der Waals surface area contributed by atoms with Gasteiger partial charge in [0.05, 0.1) is 12.2 Å². The number of aryl methyl sites for hydroxylation is 1. The first-order chi connectivity index (χ1) is 18.8. The molecule has 2 N–H and O–H groups in total. The summed E-state index contributed by atoms with van der Waals surface area (Å²) in [5.41, 5.74) is 2.59. The molecule has 0 saturated heterocycles. The first-order valence-corrected chi connectivity index (χ1v) is 12.7. The molecular formula is C30H32N2O7. The Hall–Kier alpha value is -4.66. The van der Waals surface area contributed by atoms with Crippen LogP contribution in [0.2, 0.25) is 0 Å². The van der Waals surface area contributed by atoms with Crippen molar-refractivity contribution in [1.82, 2.24) is 0 Å². The fourth-order valence-corrected chi connectivity index (χ4v) is 3.35. The SMILES string of the molecule is CCCOC(=O)c1ccc(NC(=O)COC(=O)CCCC(=O)Nc2ccc(Oc3ccc(C)cc3)cc2)cc1. The number of ether oxygens (including phenoxy) is 3. The normalized spacial score (nSPS) is 10.3. The Morgan fingerprint density at radius 1 is 0.692 bits per heavy atom. The third-order valence-corrected chi connectivity index (χ3v) is 5.39. The maximum absolute atomic E-state index is 12.2. The van der Waals surface area contributed by atoms with E-state index in [-0.39, 0.29) is 25.2 Å². The Labute approximate surface area is 227 Å². The van der Waals surface area contributed by atoms with Crippen LogP contribution in [0.25, 0.3) is 0 Å². The Morgan fingerprint density at radius 2 is 1.26 bits per heavy atom. The highest BCUT2D eigenvalue weighted by Gasteiger charge is 2.11.